The number of aromatic nitrogens is 2. The molecule has 1 aromatic carbocycles. The molecule has 0 saturated carbocycles. The first-order chi connectivity index (χ1) is 12.0. The van der Waals surface area contributed by atoms with E-state index < -0.39 is 0 Å². The van der Waals surface area contributed by atoms with Crippen LogP contribution in [0, 0.1) is 0 Å². The maximum absolute atomic E-state index is 6.23. The Hall–Kier alpha value is -2.12. The Kier molecular flexibility index (Phi) is 7.21. The summed E-state index contributed by atoms with van der Waals surface area (Å²) in [4.78, 5) is 8.52. The van der Waals surface area contributed by atoms with E-state index in [4.69, 9.17) is 20.9 Å². The fourth-order valence-electron chi connectivity index (χ4n) is 2.29. The molecule has 2 N–H and O–H groups in total. The van der Waals surface area contributed by atoms with Gasteiger partial charge in [-0.25, -0.2) is 0 Å². The van der Waals surface area contributed by atoms with Crippen molar-refractivity contribution in [2.24, 2.45) is 4.99 Å². The summed E-state index contributed by atoms with van der Waals surface area (Å²) < 4.78 is 10.7. The number of halogens is 1. The van der Waals surface area contributed by atoms with Crippen molar-refractivity contribution in [3.63, 3.8) is 0 Å². The van der Waals surface area contributed by atoms with Crippen LogP contribution in [-0.2, 0) is 11.3 Å². The molecule has 0 saturated heterocycles. The average molecular weight is 366 g/mol. The molecule has 8 heteroatoms. The van der Waals surface area contributed by atoms with E-state index in [0.717, 1.165) is 5.56 Å². The minimum atomic E-state index is -0.194. The number of nitrogens with one attached hydrogen (secondary N) is 2. The van der Waals surface area contributed by atoms with Crippen LogP contribution in [0.1, 0.15) is 50.2 Å². The summed E-state index contributed by atoms with van der Waals surface area (Å²) in [5.74, 6) is 1.62. The van der Waals surface area contributed by atoms with Gasteiger partial charge in [-0.05, 0) is 32.4 Å². The topological polar surface area (TPSA) is 84.6 Å². The summed E-state index contributed by atoms with van der Waals surface area (Å²) in [6.45, 7) is 6.79. The average Bonchev–Trinajstić information content (AvgIpc) is 3.08. The van der Waals surface area contributed by atoms with Gasteiger partial charge in [0.05, 0.1) is 12.6 Å². The molecule has 2 rings (SSSR count). The molecular weight excluding hydrogens is 342 g/mol. The molecular formula is C17H24ClN5O2. The van der Waals surface area contributed by atoms with E-state index in [2.05, 4.69) is 25.8 Å². The van der Waals surface area contributed by atoms with Gasteiger partial charge < -0.3 is 19.9 Å². The van der Waals surface area contributed by atoms with Crippen LogP contribution in [0.3, 0.4) is 0 Å². The molecule has 0 fully saturated rings. The van der Waals surface area contributed by atoms with E-state index in [1.54, 1.807) is 7.05 Å². The maximum Gasteiger partial charge on any atom is 0.246 e. The molecule has 0 aliphatic carbocycles. The van der Waals surface area contributed by atoms with Crippen LogP contribution in [0.15, 0.2) is 33.8 Å². The van der Waals surface area contributed by atoms with Crippen molar-refractivity contribution < 1.29 is 9.26 Å². The van der Waals surface area contributed by atoms with Crippen molar-refractivity contribution in [2.45, 2.75) is 39.5 Å². The maximum atomic E-state index is 6.23. The first kappa shape index (κ1) is 19.2. The van der Waals surface area contributed by atoms with Gasteiger partial charge in [0.15, 0.2) is 11.8 Å². The van der Waals surface area contributed by atoms with Gasteiger partial charge >= 0.3 is 0 Å². The zero-order valence-corrected chi connectivity index (χ0v) is 15.7. The van der Waals surface area contributed by atoms with E-state index in [1.807, 2.05) is 45.0 Å². The van der Waals surface area contributed by atoms with Crippen LogP contribution in [0.2, 0.25) is 5.02 Å². The van der Waals surface area contributed by atoms with Crippen molar-refractivity contribution in [3.05, 3.63) is 46.6 Å². The van der Waals surface area contributed by atoms with E-state index in [-0.39, 0.29) is 12.1 Å². The fraction of sp³-hybridized carbons (Fsp3) is 0.471. The molecule has 0 amide bonds. The summed E-state index contributed by atoms with van der Waals surface area (Å²) in [5.41, 5.74) is 0.998. The standard InChI is InChI=1S/C17H24ClN5O2/c1-5-24-12(3)16-22-15(25-23-16)10-20-17(19-4)21-11(2)13-8-6-7-9-14(13)18/h6-9,11-12H,5,10H2,1-4H3,(H2,19,20,21). The molecule has 7 nitrogen and oxygen atoms in total. The number of nitrogens with zero attached hydrogens (tertiary/aromatic N) is 3. The highest BCUT2D eigenvalue weighted by molar-refractivity contribution is 6.31. The number of hydrogen-bond donors (Lipinski definition) is 2. The van der Waals surface area contributed by atoms with Gasteiger partial charge in [-0.3, -0.25) is 4.99 Å². The SMILES string of the molecule is CCOC(C)c1noc(CNC(=NC)NC(C)c2ccccc2Cl)n1. The van der Waals surface area contributed by atoms with Gasteiger partial charge in [0.2, 0.25) is 5.89 Å². The molecule has 2 aromatic rings. The van der Waals surface area contributed by atoms with Crippen LogP contribution in [0.4, 0.5) is 0 Å². The molecule has 2 atom stereocenters. The van der Waals surface area contributed by atoms with E-state index in [9.17, 15) is 0 Å². The van der Waals surface area contributed by atoms with Gasteiger partial charge in [-0.1, -0.05) is 35.0 Å². The van der Waals surface area contributed by atoms with Crippen LogP contribution in [0.5, 0.6) is 0 Å². The minimum absolute atomic E-state index is 0.00359. The van der Waals surface area contributed by atoms with Gasteiger partial charge in [0.25, 0.3) is 0 Å². The van der Waals surface area contributed by atoms with Crippen molar-refractivity contribution in [2.75, 3.05) is 13.7 Å². The van der Waals surface area contributed by atoms with Gasteiger partial charge in [-0.2, -0.15) is 4.98 Å². The first-order valence-corrected chi connectivity index (χ1v) is 8.58. The number of ether oxygens (including phenoxy) is 1. The second-order valence-corrected chi connectivity index (χ2v) is 5.86. The number of hydrogen-bond acceptors (Lipinski definition) is 5. The van der Waals surface area contributed by atoms with Crippen LogP contribution in [0.25, 0.3) is 0 Å². The third kappa shape index (κ3) is 5.44. The first-order valence-electron chi connectivity index (χ1n) is 8.20. The number of aliphatic imine (C=N–C) groups is 1. The Balaban J connectivity index is 1.91. The second kappa shape index (κ2) is 9.39. The lowest BCUT2D eigenvalue weighted by Crippen LogP contribution is -2.38. The third-order valence-corrected chi connectivity index (χ3v) is 3.96. The van der Waals surface area contributed by atoms with Crippen molar-refractivity contribution in [1.82, 2.24) is 20.8 Å². The Morgan fingerprint density at radius 2 is 2.12 bits per heavy atom. The second-order valence-electron chi connectivity index (χ2n) is 5.46. The van der Waals surface area contributed by atoms with E-state index >= 15 is 0 Å². The molecule has 0 bridgehead atoms. The lowest BCUT2D eigenvalue weighted by atomic mass is 10.1. The van der Waals surface area contributed by atoms with E-state index in [0.29, 0.717) is 35.8 Å². The molecule has 25 heavy (non-hydrogen) atoms. The molecule has 2 unspecified atom stereocenters. The number of benzene rings is 1. The Morgan fingerprint density at radius 3 is 2.80 bits per heavy atom. The van der Waals surface area contributed by atoms with Crippen LogP contribution in [-0.4, -0.2) is 29.8 Å². The summed E-state index contributed by atoms with van der Waals surface area (Å²) in [7, 11) is 1.70. The summed E-state index contributed by atoms with van der Waals surface area (Å²) in [5, 5.41) is 11.1. The zero-order chi connectivity index (χ0) is 18.2. The number of guanidine groups is 1. The normalized spacial score (nSPS) is 14.2. The Bertz CT molecular complexity index is 704. The molecule has 1 heterocycles. The highest BCUT2D eigenvalue weighted by Crippen LogP contribution is 2.21. The number of rotatable bonds is 7. The fourth-order valence-corrected chi connectivity index (χ4v) is 2.59. The van der Waals surface area contributed by atoms with Gasteiger partial charge in [-0.15, -0.1) is 0 Å². The Labute approximate surface area is 152 Å². The van der Waals surface area contributed by atoms with Crippen LogP contribution < -0.4 is 10.6 Å². The predicted octanol–water partition coefficient (Wildman–Crippen LogP) is 3.25. The summed E-state index contributed by atoms with van der Waals surface area (Å²) in [6.07, 6.45) is -0.194. The summed E-state index contributed by atoms with van der Waals surface area (Å²) in [6, 6.07) is 7.70. The molecule has 0 aliphatic rings. The quantitative estimate of drug-likeness (QED) is 0.578. The van der Waals surface area contributed by atoms with Crippen molar-refractivity contribution >= 4 is 17.6 Å². The van der Waals surface area contributed by atoms with Gasteiger partial charge in [0, 0.05) is 18.7 Å². The molecule has 1 aromatic heterocycles. The van der Waals surface area contributed by atoms with Crippen molar-refractivity contribution in [1.29, 1.82) is 0 Å². The lowest BCUT2D eigenvalue weighted by Gasteiger charge is -2.18. The van der Waals surface area contributed by atoms with Crippen molar-refractivity contribution in [3.8, 4) is 0 Å². The zero-order valence-electron chi connectivity index (χ0n) is 14.9. The highest BCUT2D eigenvalue weighted by atomic mass is 35.5. The predicted molar refractivity (Wildman–Crippen MR) is 97.5 cm³/mol. The highest BCUT2D eigenvalue weighted by Gasteiger charge is 2.15. The molecule has 136 valence electrons. The van der Waals surface area contributed by atoms with Crippen LogP contribution >= 0.6 is 11.6 Å². The molecule has 0 aliphatic heterocycles. The minimum Gasteiger partial charge on any atom is -0.371 e. The smallest absolute Gasteiger partial charge is 0.246 e. The molecule has 0 spiro atoms. The largest absolute Gasteiger partial charge is 0.371 e. The molecule has 0 radical (unpaired) electrons. The Morgan fingerprint density at radius 1 is 1.36 bits per heavy atom. The van der Waals surface area contributed by atoms with E-state index in [1.165, 1.54) is 0 Å². The third-order valence-electron chi connectivity index (χ3n) is 3.62. The lowest BCUT2D eigenvalue weighted by molar-refractivity contribution is 0.0683. The summed E-state index contributed by atoms with van der Waals surface area (Å²) >= 11 is 6.23. The van der Waals surface area contributed by atoms with Gasteiger partial charge in [0.1, 0.15) is 6.10 Å². The monoisotopic (exact) mass is 365 g/mol.